The summed E-state index contributed by atoms with van der Waals surface area (Å²) in [7, 11) is 0. The Morgan fingerprint density at radius 1 is 0.889 bits per heavy atom. The number of aromatic nitrogens is 1. The predicted molar refractivity (Wildman–Crippen MR) is 145 cm³/mol. The van der Waals surface area contributed by atoms with E-state index in [-0.39, 0.29) is 5.54 Å². The van der Waals surface area contributed by atoms with E-state index in [1.807, 2.05) is 45.9 Å². The molecule has 0 saturated carbocycles. The van der Waals surface area contributed by atoms with Crippen molar-refractivity contribution in [3.05, 3.63) is 65.4 Å². The van der Waals surface area contributed by atoms with Crippen LogP contribution >= 0.6 is 0 Å². The molecule has 7 nitrogen and oxygen atoms in total. The van der Waals surface area contributed by atoms with E-state index in [2.05, 4.69) is 53.6 Å². The summed E-state index contributed by atoms with van der Waals surface area (Å²) in [5.41, 5.74) is 3.54. The monoisotopic (exact) mass is 495 g/mol. The van der Waals surface area contributed by atoms with Gasteiger partial charge >= 0.3 is 0 Å². The van der Waals surface area contributed by atoms with Crippen molar-refractivity contribution in [2.45, 2.75) is 52.1 Å². The van der Waals surface area contributed by atoms with Gasteiger partial charge in [0.05, 0.1) is 30.9 Å². The molecule has 0 bridgehead atoms. The van der Waals surface area contributed by atoms with E-state index in [0.29, 0.717) is 38.9 Å². The summed E-state index contributed by atoms with van der Waals surface area (Å²) in [4.78, 5) is 4.36. The zero-order chi connectivity index (χ0) is 26.0. The predicted octanol–water partition coefficient (Wildman–Crippen LogP) is 5.67. The molecule has 196 valence electrons. The van der Waals surface area contributed by atoms with Crippen LogP contribution in [0.3, 0.4) is 0 Å². The fraction of sp³-hybridized carbons (Fsp3) is 0.483. The van der Waals surface area contributed by atoms with Gasteiger partial charge in [0.2, 0.25) is 5.88 Å². The lowest BCUT2D eigenvalue weighted by molar-refractivity contribution is -0.185. The standard InChI is InChI=1S/C29H41N3O4/c1-6-15-34-16-17-35-18-19-36-27-14-11-24(21-31-27)8-7-23-9-12-26(13-10-23)30-22-25-20-28(2,3)32(33)29(25,4)5/h7-14,20-21,30,33H,6,15-19,22H2,1-5H3/b8-7+. The fourth-order valence-corrected chi connectivity index (χ4v) is 4.14. The Kier molecular flexibility index (Phi) is 10.1. The highest BCUT2D eigenvalue weighted by molar-refractivity contribution is 5.70. The molecule has 0 atom stereocenters. The molecular weight excluding hydrogens is 454 g/mol. The van der Waals surface area contributed by atoms with Crippen molar-refractivity contribution in [3.8, 4) is 5.88 Å². The second-order valence-electron chi connectivity index (χ2n) is 10.0. The molecule has 36 heavy (non-hydrogen) atoms. The SMILES string of the molecule is CCCOCCOCCOc1ccc(/C=C/c2ccc(NCC3=CC(C)(C)N(O)C3(C)C)cc2)cn1. The molecule has 2 aromatic rings. The molecule has 3 rings (SSSR count). The van der Waals surface area contributed by atoms with E-state index in [0.717, 1.165) is 29.8 Å². The zero-order valence-electron chi connectivity index (χ0n) is 22.3. The van der Waals surface area contributed by atoms with Crippen molar-refractivity contribution >= 4 is 17.8 Å². The van der Waals surface area contributed by atoms with Gasteiger partial charge in [-0.05, 0) is 69.0 Å². The summed E-state index contributed by atoms with van der Waals surface area (Å²) < 4.78 is 16.5. The average Bonchev–Trinajstić information content (AvgIpc) is 3.03. The molecule has 0 spiro atoms. The first-order chi connectivity index (χ1) is 17.2. The molecule has 2 N–H and O–H groups in total. The van der Waals surface area contributed by atoms with E-state index >= 15 is 0 Å². The molecule has 0 saturated heterocycles. The van der Waals surface area contributed by atoms with Gasteiger partial charge in [0.1, 0.15) is 6.61 Å². The van der Waals surface area contributed by atoms with Gasteiger partial charge in [0.25, 0.3) is 0 Å². The van der Waals surface area contributed by atoms with Crippen molar-refractivity contribution in [2.24, 2.45) is 0 Å². The van der Waals surface area contributed by atoms with Crippen LogP contribution in [-0.4, -0.2) is 65.9 Å². The average molecular weight is 496 g/mol. The lowest BCUT2D eigenvalue weighted by Gasteiger charge is -2.36. The van der Waals surface area contributed by atoms with Crippen LogP contribution < -0.4 is 10.1 Å². The Morgan fingerprint density at radius 2 is 1.53 bits per heavy atom. The zero-order valence-corrected chi connectivity index (χ0v) is 22.3. The van der Waals surface area contributed by atoms with E-state index in [9.17, 15) is 5.21 Å². The first-order valence-corrected chi connectivity index (χ1v) is 12.7. The van der Waals surface area contributed by atoms with E-state index < -0.39 is 5.54 Å². The summed E-state index contributed by atoms with van der Waals surface area (Å²) in [5, 5.41) is 15.4. The largest absolute Gasteiger partial charge is 0.475 e. The minimum Gasteiger partial charge on any atom is -0.475 e. The number of benzene rings is 1. The highest BCUT2D eigenvalue weighted by atomic mass is 16.5. The highest BCUT2D eigenvalue weighted by Gasteiger charge is 2.44. The van der Waals surface area contributed by atoms with Crippen LogP contribution in [0.2, 0.25) is 0 Å². The fourth-order valence-electron chi connectivity index (χ4n) is 4.14. The summed E-state index contributed by atoms with van der Waals surface area (Å²) in [6.45, 7) is 13.8. The molecule has 0 aliphatic carbocycles. The number of pyridine rings is 1. The number of anilines is 1. The van der Waals surface area contributed by atoms with Gasteiger partial charge in [-0.2, -0.15) is 5.06 Å². The third kappa shape index (κ3) is 7.90. The van der Waals surface area contributed by atoms with Gasteiger partial charge in [-0.1, -0.05) is 37.3 Å². The van der Waals surface area contributed by atoms with Crippen LogP contribution in [0.5, 0.6) is 5.88 Å². The van der Waals surface area contributed by atoms with Crippen molar-refractivity contribution in [1.82, 2.24) is 10.0 Å². The van der Waals surface area contributed by atoms with Crippen molar-refractivity contribution in [2.75, 3.05) is 44.9 Å². The number of ether oxygens (including phenoxy) is 3. The topological polar surface area (TPSA) is 76.1 Å². The van der Waals surface area contributed by atoms with E-state index in [1.54, 1.807) is 6.20 Å². The van der Waals surface area contributed by atoms with Crippen molar-refractivity contribution < 1.29 is 19.4 Å². The maximum Gasteiger partial charge on any atom is 0.213 e. The van der Waals surface area contributed by atoms with Crippen LogP contribution in [-0.2, 0) is 9.47 Å². The second kappa shape index (κ2) is 13.0. The first-order valence-electron chi connectivity index (χ1n) is 12.7. The smallest absolute Gasteiger partial charge is 0.213 e. The molecule has 1 aliphatic rings. The molecule has 1 aromatic heterocycles. The third-order valence-electron chi connectivity index (χ3n) is 6.21. The maximum atomic E-state index is 10.5. The normalized spacial score (nSPS) is 16.9. The Bertz CT molecular complexity index is 998. The van der Waals surface area contributed by atoms with Gasteiger partial charge in [-0.15, -0.1) is 0 Å². The molecule has 0 amide bonds. The molecule has 1 aliphatic heterocycles. The van der Waals surface area contributed by atoms with E-state index in [1.165, 1.54) is 10.6 Å². The number of hydrogen-bond donors (Lipinski definition) is 2. The Morgan fingerprint density at radius 3 is 2.14 bits per heavy atom. The van der Waals surface area contributed by atoms with Gasteiger partial charge in [0, 0.05) is 31.1 Å². The summed E-state index contributed by atoms with van der Waals surface area (Å²) in [5.74, 6) is 0.585. The number of hydroxylamine groups is 2. The summed E-state index contributed by atoms with van der Waals surface area (Å²) >= 11 is 0. The van der Waals surface area contributed by atoms with Gasteiger partial charge in [-0.3, -0.25) is 0 Å². The number of nitrogens with zero attached hydrogens (tertiary/aromatic N) is 2. The number of hydrogen-bond acceptors (Lipinski definition) is 7. The molecule has 7 heteroatoms. The lowest BCUT2D eigenvalue weighted by atomic mass is 9.96. The van der Waals surface area contributed by atoms with Crippen LogP contribution in [0.15, 0.2) is 54.2 Å². The van der Waals surface area contributed by atoms with Crippen LogP contribution in [0, 0.1) is 0 Å². The molecule has 0 radical (unpaired) electrons. The van der Waals surface area contributed by atoms with Gasteiger partial charge < -0.3 is 24.7 Å². The van der Waals surface area contributed by atoms with Gasteiger partial charge in [-0.25, -0.2) is 4.98 Å². The lowest BCUT2D eigenvalue weighted by Crippen LogP contribution is -2.48. The van der Waals surface area contributed by atoms with E-state index in [4.69, 9.17) is 14.2 Å². The van der Waals surface area contributed by atoms with Crippen molar-refractivity contribution in [3.63, 3.8) is 0 Å². The summed E-state index contributed by atoms with van der Waals surface area (Å²) in [6.07, 6.45) is 9.04. The van der Waals surface area contributed by atoms with Crippen molar-refractivity contribution in [1.29, 1.82) is 0 Å². The van der Waals surface area contributed by atoms with Crippen LogP contribution in [0.25, 0.3) is 12.2 Å². The van der Waals surface area contributed by atoms with Crippen LogP contribution in [0.4, 0.5) is 5.69 Å². The van der Waals surface area contributed by atoms with Gasteiger partial charge in [0.15, 0.2) is 0 Å². The summed E-state index contributed by atoms with van der Waals surface area (Å²) in [6, 6.07) is 12.1. The number of nitrogens with one attached hydrogen (secondary N) is 1. The molecular formula is C29H41N3O4. The van der Waals surface area contributed by atoms with Crippen LogP contribution in [0.1, 0.15) is 52.2 Å². The maximum absolute atomic E-state index is 10.5. The first kappa shape index (κ1) is 27.9. The molecule has 0 fully saturated rings. The molecule has 2 heterocycles. The highest BCUT2D eigenvalue weighted by Crippen LogP contribution is 2.38. The minimum absolute atomic E-state index is 0.369. The quantitative estimate of drug-likeness (QED) is 0.258. The third-order valence-corrected chi connectivity index (χ3v) is 6.21. The Hall–Kier alpha value is -2.71. The Balaban J connectivity index is 1.41. The minimum atomic E-state index is -0.398. The Labute approximate surface area is 215 Å². The molecule has 0 unspecified atom stereocenters. The second-order valence-corrected chi connectivity index (χ2v) is 10.0. The number of rotatable bonds is 14. The molecule has 1 aromatic carbocycles.